The number of aromatic nitrogens is 4. The Kier molecular flexibility index (Phi) is 3.02. The Morgan fingerprint density at radius 2 is 2.10 bits per heavy atom. The molecule has 0 saturated carbocycles. The molecule has 7 heteroatoms. The van der Waals surface area contributed by atoms with Crippen LogP contribution in [0.15, 0.2) is 30.9 Å². The van der Waals surface area contributed by atoms with Gasteiger partial charge in [-0.2, -0.15) is 0 Å². The van der Waals surface area contributed by atoms with E-state index in [0.29, 0.717) is 27.6 Å². The molecule has 1 unspecified atom stereocenters. The maximum atomic E-state index is 14.0. The second-order valence-electron chi connectivity index (χ2n) is 4.39. The number of hydrogen-bond acceptors (Lipinski definition) is 4. The number of nitrogens with two attached hydrogens (primary N) is 1. The molecular weight excluding hydrogens is 281 g/mol. The number of halogens is 2. The van der Waals surface area contributed by atoms with Gasteiger partial charge in [0.15, 0.2) is 11.5 Å². The van der Waals surface area contributed by atoms with Gasteiger partial charge in [-0.3, -0.25) is 0 Å². The molecule has 102 valence electrons. The highest BCUT2D eigenvalue weighted by Crippen LogP contribution is 2.30. The lowest BCUT2D eigenvalue weighted by Crippen LogP contribution is -2.09. The zero-order valence-electron chi connectivity index (χ0n) is 10.6. The van der Waals surface area contributed by atoms with Crippen LogP contribution in [0.4, 0.5) is 10.2 Å². The molecule has 1 atom stereocenters. The smallest absolute Gasteiger partial charge is 0.165 e. The highest BCUT2D eigenvalue weighted by atomic mass is 35.5. The minimum absolute atomic E-state index is 0.292. The number of fused-ring (bicyclic) bond motifs is 1. The quantitative estimate of drug-likeness (QED) is 0.788. The van der Waals surface area contributed by atoms with E-state index in [9.17, 15) is 4.39 Å². The molecule has 0 bridgehead atoms. The second-order valence-corrected chi connectivity index (χ2v) is 4.80. The summed E-state index contributed by atoms with van der Waals surface area (Å²) in [6, 6.07) is 4.24. The van der Waals surface area contributed by atoms with Crippen molar-refractivity contribution >= 4 is 28.6 Å². The molecule has 0 saturated heterocycles. The third-order valence-electron chi connectivity index (χ3n) is 3.22. The fourth-order valence-electron chi connectivity index (χ4n) is 2.20. The van der Waals surface area contributed by atoms with Crippen molar-refractivity contribution < 1.29 is 4.39 Å². The lowest BCUT2D eigenvalue weighted by Gasteiger charge is -2.16. The Morgan fingerprint density at radius 3 is 2.85 bits per heavy atom. The van der Waals surface area contributed by atoms with Gasteiger partial charge in [0, 0.05) is 10.6 Å². The Labute approximate surface area is 119 Å². The zero-order chi connectivity index (χ0) is 14.3. The average Bonchev–Trinajstić information content (AvgIpc) is 2.83. The number of rotatable bonds is 2. The van der Waals surface area contributed by atoms with Crippen molar-refractivity contribution in [3.63, 3.8) is 0 Å². The molecule has 20 heavy (non-hydrogen) atoms. The lowest BCUT2D eigenvalue weighted by atomic mass is 10.1. The normalized spacial score (nSPS) is 12.8. The first-order valence-corrected chi connectivity index (χ1v) is 6.34. The van der Waals surface area contributed by atoms with E-state index in [4.69, 9.17) is 17.3 Å². The monoisotopic (exact) mass is 291 g/mol. The van der Waals surface area contributed by atoms with Crippen molar-refractivity contribution in [1.82, 2.24) is 19.5 Å². The summed E-state index contributed by atoms with van der Waals surface area (Å²) in [7, 11) is 0. The van der Waals surface area contributed by atoms with Crippen molar-refractivity contribution in [3.05, 3.63) is 47.3 Å². The van der Waals surface area contributed by atoms with Gasteiger partial charge in [-0.1, -0.05) is 17.7 Å². The summed E-state index contributed by atoms with van der Waals surface area (Å²) in [6.45, 7) is 1.82. The maximum Gasteiger partial charge on any atom is 0.165 e. The Balaban J connectivity index is 2.18. The molecule has 0 aliphatic heterocycles. The highest BCUT2D eigenvalue weighted by molar-refractivity contribution is 6.31. The lowest BCUT2D eigenvalue weighted by molar-refractivity contribution is 0.562. The van der Waals surface area contributed by atoms with Gasteiger partial charge >= 0.3 is 0 Å². The minimum Gasteiger partial charge on any atom is -0.382 e. The largest absolute Gasteiger partial charge is 0.382 e. The van der Waals surface area contributed by atoms with Crippen LogP contribution in [0.5, 0.6) is 0 Å². The molecule has 2 N–H and O–H groups in total. The van der Waals surface area contributed by atoms with E-state index >= 15 is 0 Å². The summed E-state index contributed by atoms with van der Waals surface area (Å²) < 4.78 is 15.7. The Hall–Kier alpha value is -2.21. The fraction of sp³-hybridized carbons (Fsp3) is 0.154. The van der Waals surface area contributed by atoms with E-state index in [0.717, 1.165) is 0 Å². The number of benzene rings is 1. The topological polar surface area (TPSA) is 69.6 Å². The molecular formula is C13H11ClFN5. The van der Waals surface area contributed by atoms with E-state index in [2.05, 4.69) is 15.0 Å². The third-order valence-corrected chi connectivity index (χ3v) is 3.55. The van der Waals surface area contributed by atoms with Crippen LogP contribution >= 0.6 is 11.6 Å². The highest BCUT2D eigenvalue weighted by Gasteiger charge is 2.19. The van der Waals surface area contributed by atoms with Crippen LogP contribution in [0.2, 0.25) is 5.02 Å². The van der Waals surface area contributed by atoms with Gasteiger partial charge in [0.2, 0.25) is 0 Å². The summed E-state index contributed by atoms with van der Waals surface area (Å²) in [5.41, 5.74) is 7.17. The molecule has 1 aromatic carbocycles. The second kappa shape index (κ2) is 4.72. The van der Waals surface area contributed by atoms with E-state index in [1.807, 2.05) is 6.92 Å². The van der Waals surface area contributed by atoms with E-state index in [1.165, 1.54) is 12.4 Å². The molecule has 0 aliphatic rings. The van der Waals surface area contributed by atoms with Gasteiger partial charge < -0.3 is 10.3 Å². The maximum absolute atomic E-state index is 14.0. The van der Waals surface area contributed by atoms with E-state index < -0.39 is 0 Å². The van der Waals surface area contributed by atoms with Gasteiger partial charge in [-0.25, -0.2) is 19.3 Å². The Morgan fingerprint density at radius 1 is 1.30 bits per heavy atom. The van der Waals surface area contributed by atoms with Crippen LogP contribution < -0.4 is 5.73 Å². The van der Waals surface area contributed by atoms with Gasteiger partial charge in [0.05, 0.1) is 12.4 Å². The summed E-state index contributed by atoms with van der Waals surface area (Å²) >= 11 is 6.09. The van der Waals surface area contributed by atoms with Crippen molar-refractivity contribution in [2.45, 2.75) is 13.0 Å². The van der Waals surface area contributed by atoms with Crippen molar-refractivity contribution in [1.29, 1.82) is 0 Å². The summed E-state index contributed by atoms with van der Waals surface area (Å²) in [4.78, 5) is 12.2. The van der Waals surface area contributed by atoms with Gasteiger partial charge in [0.1, 0.15) is 17.7 Å². The van der Waals surface area contributed by atoms with Crippen LogP contribution in [0.25, 0.3) is 11.2 Å². The molecule has 3 aromatic rings. The molecule has 0 aliphatic carbocycles. The van der Waals surface area contributed by atoms with Crippen LogP contribution in [-0.4, -0.2) is 19.5 Å². The molecule has 3 rings (SSSR count). The van der Waals surface area contributed by atoms with E-state index in [1.54, 1.807) is 23.0 Å². The van der Waals surface area contributed by atoms with Gasteiger partial charge in [-0.15, -0.1) is 0 Å². The third kappa shape index (κ3) is 1.89. The number of nitrogen functional groups attached to an aromatic ring is 1. The fourth-order valence-corrected chi connectivity index (χ4v) is 2.52. The van der Waals surface area contributed by atoms with E-state index in [-0.39, 0.29) is 11.9 Å². The average molecular weight is 292 g/mol. The molecule has 0 fully saturated rings. The SMILES string of the molecule is CC(c1c(F)cccc1Cl)n1cnc2c(N)ncnc21. The molecule has 0 amide bonds. The number of nitrogens with zero attached hydrogens (tertiary/aromatic N) is 4. The number of anilines is 1. The van der Waals surface area contributed by atoms with Crippen LogP contribution in [0.3, 0.4) is 0 Å². The summed E-state index contributed by atoms with van der Waals surface area (Å²) in [6.07, 6.45) is 2.91. The standard InChI is InChI=1S/C13H11ClFN5/c1-7(10-8(14)3-2-4-9(10)15)20-6-19-11-12(16)17-5-18-13(11)20/h2-7H,1H3,(H2,16,17,18). The molecule has 2 heterocycles. The Bertz CT molecular complexity index is 765. The predicted molar refractivity (Wildman–Crippen MR) is 75.0 cm³/mol. The zero-order valence-corrected chi connectivity index (χ0v) is 11.3. The van der Waals surface area contributed by atoms with Gasteiger partial charge in [0.25, 0.3) is 0 Å². The molecule has 5 nitrogen and oxygen atoms in total. The van der Waals surface area contributed by atoms with Crippen LogP contribution in [0, 0.1) is 5.82 Å². The van der Waals surface area contributed by atoms with Gasteiger partial charge in [-0.05, 0) is 19.1 Å². The van der Waals surface area contributed by atoms with Crippen molar-refractivity contribution in [2.24, 2.45) is 0 Å². The molecule has 2 aromatic heterocycles. The first-order valence-electron chi connectivity index (χ1n) is 5.96. The minimum atomic E-state index is -0.367. The van der Waals surface area contributed by atoms with Crippen molar-refractivity contribution in [2.75, 3.05) is 5.73 Å². The summed E-state index contributed by atoms with van der Waals surface area (Å²) in [5.74, 6) is -0.0746. The molecule has 0 radical (unpaired) electrons. The number of imidazole rings is 1. The predicted octanol–water partition coefficient (Wildman–Crippen LogP) is 2.81. The first kappa shape index (κ1) is 12.8. The first-order chi connectivity index (χ1) is 9.59. The van der Waals surface area contributed by atoms with Crippen molar-refractivity contribution in [3.8, 4) is 0 Å². The van der Waals surface area contributed by atoms with Crippen LogP contribution in [-0.2, 0) is 0 Å². The van der Waals surface area contributed by atoms with Crippen LogP contribution in [0.1, 0.15) is 18.5 Å². The molecule has 0 spiro atoms. The summed E-state index contributed by atoms with van der Waals surface area (Å²) in [5, 5.41) is 0.362. The number of hydrogen-bond donors (Lipinski definition) is 1.